The van der Waals surface area contributed by atoms with Gasteiger partial charge in [-0.05, 0) is 36.8 Å². The Morgan fingerprint density at radius 3 is 2.68 bits per heavy atom. The topological polar surface area (TPSA) is 61.5 Å². The van der Waals surface area contributed by atoms with Crippen LogP contribution in [-0.4, -0.2) is 19.5 Å². The second kappa shape index (κ2) is 6.66. The van der Waals surface area contributed by atoms with Gasteiger partial charge >= 0.3 is 0 Å². The zero-order valence-electron chi connectivity index (χ0n) is 12.2. The number of nitrogen functional groups attached to an aromatic ring is 1. The summed E-state index contributed by atoms with van der Waals surface area (Å²) >= 11 is 6.02. The van der Waals surface area contributed by atoms with E-state index < -0.39 is 5.82 Å². The Morgan fingerprint density at radius 2 is 2.05 bits per heavy atom. The van der Waals surface area contributed by atoms with Crippen LogP contribution >= 0.6 is 11.6 Å². The van der Waals surface area contributed by atoms with E-state index in [-0.39, 0.29) is 23.6 Å². The van der Waals surface area contributed by atoms with E-state index in [1.807, 2.05) is 0 Å². The number of rotatable bonds is 5. The zero-order chi connectivity index (χ0) is 16.3. The maximum absolute atomic E-state index is 13.4. The van der Waals surface area contributed by atoms with E-state index in [2.05, 4.69) is 0 Å². The number of benzene rings is 2. The average Bonchev–Trinajstić information content (AvgIpc) is 2.49. The number of hydrogen-bond donors (Lipinski definition) is 1. The fourth-order valence-corrected chi connectivity index (χ4v) is 2.16. The van der Waals surface area contributed by atoms with Crippen LogP contribution in [0.4, 0.5) is 10.1 Å². The maximum Gasteiger partial charge on any atom is 0.200 e. The molecule has 0 spiro atoms. The highest BCUT2D eigenvalue weighted by Crippen LogP contribution is 2.29. The van der Waals surface area contributed by atoms with Gasteiger partial charge in [0.1, 0.15) is 17.3 Å². The first kappa shape index (κ1) is 16.1. The van der Waals surface area contributed by atoms with Gasteiger partial charge in [-0.1, -0.05) is 11.6 Å². The van der Waals surface area contributed by atoms with Crippen LogP contribution in [0.3, 0.4) is 0 Å². The third kappa shape index (κ3) is 3.49. The zero-order valence-corrected chi connectivity index (χ0v) is 12.9. The third-order valence-electron chi connectivity index (χ3n) is 3.21. The monoisotopic (exact) mass is 323 g/mol. The molecule has 0 fully saturated rings. The molecular formula is C16H15ClFNO3. The summed E-state index contributed by atoms with van der Waals surface area (Å²) in [5, 5.41) is 0.322. The number of hydrogen-bond acceptors (Lipinski definition) is 4. The predicted molar refractivity (Wildman–Crippen MR) is 83.4 cm³/mol. The van der Waals surface area contributed by atoms with Gasteiger partial charge in [0.15, 0.2) is 6.61 Å². The molecule has 2 aromatic rings. The highest BCUT2D eigenvalue weighted by atomic mass is 35.5. The molecule has 116 valence electrons. The van der Waals surface area contributed by atoms with E-state index in [0.29, 0.717) is 22.1 Å². The van der Waals surface area contributed by atoms with Crippen LogP contribution in [0.15, 0.2) is 30.3 Å². The molecule has 22 heavy (non-hydrogen) atoms. The Balaban J connectivity index is 2.14. The number of halogens is 2. The molecule has 0 saturated heterocycles. The highest BCUT2D eigenvalue weighted by molar-refractivity contribution is 6.32. The van der Waals surface area contributed by atoms with E-state index in [1.165, 1.54) is 13.2 Å². The van der Waals surface area contributed by atoms with Crippen molar-refractivity contribution in [1.82, 2.24) is 0 Å². The molecule has 0 radical (unpaired) electrons. The summed E-state index contributed by atoms with van der Waals surface area (Å²) in [7, 11) is 1.52. The lowest BCUT2D eigenvalue weighted by atomic mass is 10.0. The molecule has 0 aromatic heterocycles. The van der Waals surface area contributed by atoms with Crippen LogP contribution < -0.4 is 15.2 Å². The Morgan fingerprint density at radius 1 is 1.32 bits per heavy atom. The van der Waals surface area contributed by atoms with Crippen molar-refractivity contribution in [3.05, 3.63) is 52.3 Å². The van der Waals surface area contributed by atoms with Gasteiger partial charge in [-0.25, -0.2) is 4.39 Å². The lowest BCUT2D eigenvalue weighted by molar-refractivity contribution is 0.0920. The van der Waals surface area contributed by atoms with E-state index in [0.717, 1.165) is 6.07 Å². The standard InChI is InChI=1S/C16H15ClFNO3/c1-9-12(5-10(18)6-14(9)19)15(20)8-22-16-4-3-11(21-2)7-13(16)17/h3-7H,8,19H2,1-2H3. The highest BCUT2D eigenvalue weighted by Gasteiger charge is 2.14. The fraction of sp³-hybridized carbons (Fsp3) is 0.188. The molecule has 2 aromatic carbocycles. The Hall–Kier alpha value is -2.27. The molecular weight excluding hydrogens is 309 g/mol. The third-order valence-corrected chi connectivity index (χ3v) is 3.51. The summed E-state index contributed by atoms with van der Waals surface area (Å²) in [5.41, 5.74) is 6.60. The van der Waals surface area contributed by atoms with E-state index in [9.17, 15) is 9.18 Å². The maximum atomic E-state index is 13.4. The van der Waals surface area contributed by atoms with Crippen LogP contribution in [0.5, 0.6) is 11.5 Å². The number of ether oxygens (including phenoxy) is 2. The molecule has 0 aliphatic rings. The summed E-state index contributed by atoms with van der Waals surface area (Å²) in [6, 6.07) is 7.16. The summed E-state index contributed by atoms with van der Waals surface area (Å²) < 4.78 is 23.8. The van der Waals surface area contributed by atoms with Crippen molar-refractivity contribution in [2.24, 2.45) is 0 Å². The van der Waals surface area contributed by atoms with Crippen LogP contribution in [0.1, 0.15) is 15.9 Å². The largest absolute Gasteiger partial charge is 0.497 e. The minimum atomic E-state index is -0.561. The predicted octanol–water partition coefficient (Wildman–Crippen LogP) is 3.64. The number of nitrogens with two attached hydrogens (primary N) is 1. The van der Waals surface area contributed by atoms with Gasteiger partial charge in [0.25, 0.3) is 0 Å². The molecule has 4 nitrogen and oxygen atoms in total. The SMILES string of the molecule is COc1ccc(OCC(=O)c2cc(F)cc(N)c2C)c(Cl)c1. The van der Waals surface area contributed by atoms with Gasteiger partial charge in [-0.3, -0.25) is 4.79 Å². The van der Waals surface area contributed by atoms with Crippen molar-refractivity contribution < 1.29 is 18.7 Å². The van der Waals surface area contributed by atoms with E-state index >= 15 is 0 Å². The van der Waals surface area contributed by atoms with Crippen molar-refractivity contribution in [2.75, 3.05) is 19.5 Å². The number of anilines is 1. The molecule has 0 unspecified atom stereocenters. The fourth-order valence-electron chi connectivity index (χ4n) is 1.94. The minimum absolute atomic E-state index is 0.196. The molecule has 6 heteroatoms. The summed E-state index contributed by atoms with van der Waals surface area (Å²) in [6.45, 7) is 1.39. The number of ketones is 1. The van der Waals surface area contributed by atoms with Crippen LogP contribution in [0, 0.1) is 12.7 Å². The Labute approximate surface area is 132 Å². The van der Waals surface area contributed by atoms with Crippen LogP contribution in [-0.2, 0) is 0 Å². The average molecular weight is 324 g/mol. The van der Waals surface area contributed by atoms with Gasteiger partial charge in [0.05, 0.1) is 12.1 Å². The summed E-state index contributed by atoms with van der Waals surface area (Å²) in [4.78, 5) is 12.2. The molecule has 2 N–H and O–H groups in total. The smallest absolute Gasteiger partial charge is 0.200 e. The second-order valence-corrected chi connectivity index (χ2v) is 5.08. The molecule has 0 bridgehead atoms. The lowest BCUT2D eigenvalue weighted by Crippen LogP contribution is -2.14. The quantitative estimate of drug-likeness (QED) is 0.674. The van der Waals surface area contributed by atoms with E-state index in [1.54, 1.807) is 25.1 Å². The second-order valence-electron chi connectivity index (χ2n) is 4.68. The molecule has 0 aliphatic carbocycles. The molecule has 0 atom stereocenters. The normalized spacial score (nSPS) is 10.4. The minimum Gasteiger partial charge on any atom is -0.497 e. The number of carbonyl (C=O) groups excluding carboxylic acids is 1. The summed E-state index contributed by atoms with van der Waals surface area (Å²) in [6.07, 6.45) is 0. The van der Waals surface area contributed by atoms with Gasteiger partial charge in [-0.2, -0.15) is 0 Å². The van der Waals surface area contributed by atoms with Crippen molar-refractivity contribution in [2.45, 2.75) is 6.92 Å². The molecule has 0 aliphatic heterocycles. The van der Waals surface area contributed by atoms with Crippen molar-refractivity contribution in [1.29, 1.82) is 0 Å². The Kier molecular flexibility index (Phi) is 4.88. The first-order valence-electron chi connectivity index (χ1n) is 6.47. The van der Waals surface area contributed by atoms with Gasteiger partial charge in [0.2, 0.25) is 5.78 Å². The van der Waals surface area contributed by atoms with Gasteiger partial charge in [0, 0.05) is 17.3 Å². The van der Waals surface area contributed by atoms with Gasteiger partial charge < -0.3 is 15.2 Å². The molecule has 0 saturated carbocycles. The van der Waals surface area contributed by atoms with Crippen molar-refractivity contribution >= 4 is 23.1 Å². The van der Waals surface area contributed by atoms with Crippen LogP contribution in [0.25, 0.3) is 0 Å². The number of Topliss-reactive ketones (excluding diaryl/α,β-unsaturated/α-hetero) is 1. The van der Waals surface area contributed by atoms with Crippen molar-refractivity contribution in [3.8, 4) is 11.5 Å². The first-order chi connectivity index (χ1) is 10.4. The molecule has 0 amide bonds. The van der Waals surface area contributed by atoms with Gasteiger partial charge in [-0.15, -0.1) is 0 Å². The summed E-state index contributed by atoms with van der Waals surface area (Å²) in [5.74, 6) is -0.0141. The molecule has 2 rings (SSSR count). The molecule has 0 heterocycles. The lowest BCUT2D eigenvalue weighted by Gasteiger charge is -2.11. The Bertz CT molecular complexity index is 719. The van der Waals surface area contributed by atoms with Crippen molar-refractivity contribution in [3.63, 3.8) is 0 Å². The number of carbonyl (C=O) groups is 1. The van der Waals surface area contributed by atoms with Crippen LogP contribution in [0.2, 0.25) is 5.02 Å². The number of methoxy groups -OCH3 is 1. The van der Waals surface area contributed by atoms with E-state index in [4.69, 9.17) is 26.8 Å². The first-order valence-corrected chi connectivity index (χ1v) is 6.85.